The first-order chi connectivity index (χ1) is 13.4. The van der Waals surface area contributed by atoms with Gasteiger partial charge in [0.05, 0.1) is 17.2 Å². The minimum atomic E-state index is -3.23. The number of anilines is 1. The highest BCUT2D eigenvalue weighted by Crippen LogP contribution is 2.25. The van der Waals surface area contributed by atoms with Gasteiger partial charge in [0, 0.05) is 17.4 Å². The van der Waals surface area contributed by atoms with Crippen LogP contribution in [0.25, 0.3) is 11.3 Å². The fourth-order valence-electron chi connectivity index (χ4n) is 2.72. The summed E-state index contributed by atoms with van der Waals surface area (Å²) in [5.41, 5.74) is 3.74. The lowest BCUT2D eigenvalue weighted by Crippen LogP contribution is -2.15. The standard InChI is InChI=1S/C21H22N2O3S2/c1-16-9-11-18(12-10-16)19-14-27-21(22-19)23-20(24)8-5-13-28(25,26)15-17-6-3-2-4-7-17/h2-4,6-7,9-12,14H,5,8,13,15H2,1H3,(H,22,23,24). The predicted octanol–water partition coefficient (Wildman–Crippen LogP) is 4.45. The topological polar surface area (TPSA) is 76.1 Å². The first kappa shape index (κ1) is 20.2. The average molecular weight is 415 g/mol. The summed E-state index contributed by atoms with van der Waals surface area (Å²) in [7, 11) is -3.23. The SMILES string of the molecule is Cc1ccc(-c2csc(NC(=O)CCCS(=O)(=O)Cc3ccccc3)n2)cc1. The van der Waals surface area contributed by atoms with E-state index in [0.717, 1.165) is 16.8 Å². The van der Waals surface area contributed by atoms with Gasteiger partial charge in [0.15, 0.2) is 15.0 Å². The summed E-state index contributed by atoms with van der Waals surface area (Å²) in [5.74, 6) is -0.233. The van der Waals surface area contributed by atoms with Gasteiger partial charge in [-0.25, -0.2) is 13.4 Å². The Bertz CT molecular complexity index is 1030. The molecule has 0 aliphatic carbocycles. The van der Waals surface area contributed by atoms with E-state index in [1.165, 1.54) is 16.9 Å². The highest BCUT2D eigenvalue weighted by molar-refractivity contribution is 7.90. The number of carbonyl (C=O) groups is 1. The van der Waals surface area contributed by atoms with Crippen LogP contribution in [-0.2, 0) is 20.4 Å². The summed E-state index contributed by atoms with van der Waals surface area (Å²) in [5, 5.41) is 5.17. The molecular formula is C21H22N2O3S2. The van der Waals surface area contributed by atoms with E-state index in [1.54, 1.807) is 12.1 Å². The number of aryl methyl sites for hydroxylation is 1. The maximum atomic E-state index is 12.2. The van der Waals surface area contributed by atoms with Crippen LogP contribution >= 0.6 is 11.3 Å². The van der Waals surface area contributed by atoms with Crippen molar-refractivity contribution in [2.24, 2.45) is 0 Å². The van der Waals surface area contributed by atoms with Crippen LogP contribution < -0.4 is 5.32 Å². The lowest BCUT2D eigenvalue weighted by atomic mass is 10.1. The van der Waals surface area contributed by atoms with Gasteiger partial charge in [-0.2, -0.15) is 0 Å². The molecule has 1 heterocycles. The largest absolute Gasteiger partial charge is 0.302 e. The van der Waals surface area contributed by atoms with E-state index >= 15 is 0 Å². The summed E-state index contributed by atoms with van der Waals surface area (Å²) < 4.78 is 24.4. The second kappa shape index (κ2) is 9.12. The van der Waals surface area contributed by atoms with Crippen molar-refractivity contribution >= 4 is 32.2 Å². The van der Waals surface area contributed by atoms with Crippen molar-refractivity contribution in [1.82, 2.24) is 4.98 Å². The molecule has 0 unspecified atom stereocenters. The van der Waals surface area contributed by atoms with Crippen molar-refractivity contribution in [3.8, 4) is 11.3 Å². The third-order valence-electron chi connectivity index (χ3n) is 4.19. The third-order valence-corrected chi connectivity index (χ3v) is 6.63. The first-order valence-electron chi connectivity index (χ1n) is 8.98. The van der Waals surface area contributed by atoms with E-state index in [1.807, 2.05) is 54.8 Å². The van der Waals surface area contributed by atoms with E-state index in [2.05, 4.69) is 10.3 Å². The molecule has 0 aliphatic heterocycles. The van der Waals surface area contributed by atoms with E-state index in [4.69, 9.17) is 0 Å². The number of nitrogens with zero attached hydrogens (tertiary/aromatic N) is 1. The normalized spacial score (nSPS) is 11.3. The van der Waals surface area contributed by atoms with Crippen LogP contribution in [0, 0.1) is 6.92 Å². The zero-order valence-corrected chi connectivity index (χ0v) is 17.2. The van der Waals surface area contributed by atoms with Gasteiger partial charge in [0.25, 0.3) is 0 Å². The number of amides is 1. The van der Waals surface area contributed by atoms with Gasteiger partial charge in [0.2, 0.25) is 5.91 Å². The number of rotatable bonds is 8. The number of hydrogen-bond acceptors (Lipinski definition) is 5. The molecule has 0 atom stereocenters. The van der Waals surface area contributed by atoms with Crippen LogP contribution in [0.2, 0.25) is 0 Å². The summed E-state index contributed by atoms with van der Waals surface area (Å²) in [6.07, 6.45) is 0.435. The molecule has 2 aromatic carbocycles. The maximum Gasteiger partial charge on any atom is 0.226 e. The lowest BCUT2D eigenvalue weighted by molar-refractivity contribution is -0.116. The molecular weight excluding hydrogens is 392 g/mol. The molecule has 7 heteroatoms. The van der Waals surface area contributed by atoms with E-state index < -0.39 is 9.84 Å². The Hall–Kier alpha value is -2.51. The molecule has 146 valence electrons. The molecule has 0 radical (unpaired) electrons. The molecule has 0 saturated heterocycles. The van der Waals surface area contributed by atoms with Crippen molar-refractivity contribution in [3.63, 3.8) is 0 Å². The van der Waals surface area contributed by atoms with Crippen molar-refractivity contribution in [2.45, 2.75) is 25.5 Å². The third kappa shape index (κ3) is 6.00. The summed E-state index contributed by atoms with van der Waals surface area (Å²) >= 11 is 1.36. The zero-order valence-electron chi connectivity index (χ0n) is 15.6. The van der Waals surface area contributed by atoms with Gasteiger partial charge in [-0.05, 0) is 18.9 Å². The average Bonchev–Trinajstić information content (AvgIpc) is 3.11. The minimum Gasteiger partial charge on any atom is -0.302 e. The van der Waals surface area contributed by atoms with Crippen molar-refractivity contribution in [2.75, 3.05) is 11.1 Å². The summed E-state index contributed by atoms with van der Waals surface area (Å²) in [4.78, 5) is 16.5. The number of hydrogen-bond donors (Lipinski definition) is 1. The Morgan fingerprint density at radius 1 is 1.07 bits per heavy atom. The molecule has 0 aliphatic rings. The van der Waals surface area contributed by atoms with Crippen molar-refractivity contribution in [1.29, 1.82) is 0 Å². The lowest BCUT2D eigenvalue weighted by Gasteiger charge is -2.05. The Kier molecular flexibility index (Phi) is 6.59. The number of carbonyl (C=O) groups excluding carboxylic acids is 1. The Morgan fingerprint density at radius 3 is 2.50 bits per heavy atom. The summed E-state index contributed by atoms with van der Waals surface area (Å²) in [6.45, 7) is 2.02. The van der Waals surface area contributed by atoms with Crippen LogP contribution in [-0.4, -0.2) is 25.1 Å². The fraction of sp³-hybridized carbons (Fsp3) is 0.238. The van der Waals surface area contributed by atoms with Crippen molar-refractivity contribution in [3.05, 3.63) is 71.1 Å². The van der Waals surface area contributed by atoms with Crippen LogP contribution in [0.1, 0.15) is 24.0 Å². The predicted molar refractivity (Wildman–Crippen MR) is 114 cm³/mol. The van der Waals surface area contributed by atoms with Crippen molar-refractivity contribution < 1.29 is 13.2 Å². The molecule has 28 heavy (non-hydrogen) atoms. The Balaban J connectivity index is 1.47. The number of aromatic nitrogens is 1. The smallest absolute Gasteiger partial charge is 0.226 e. The highest BCUT2D eigenvalue weighted by Gasteiger charge is 2.14. The molecule has 1 amide bonds. The second-order valence-corrected chi connectivity index (χ2v) is 9.68. The monoisotopic (exact) mass is 414 g/mol. The Morgan fingerprint density at radius 2 is 1.79 bits per heavy atom. The number of sulfone groups is 1. The van der Waals surface area contributed by atoms with Gasteiger partial charge in [-0.1, -0.05) is 60.2 Å². The summed E-state index contributed by atoms with van der Waals surface area (Å²) in [6, 6.07) is 17.1. The van der Waals surface area contributed by atoms with Gasteiger partial charge in [-0.3, -0.25) is 4.79 Å². The van der Waals surface area contributed by atoms with Crippen LogP contribution in [0.4, 0.5) is 5.13 Å². The molecule has 0 spiro atoms. The number of thiazole rings is 1. The number of nitrogens with one attached hydrogen (secondary N) is 1. The van der Waals surface area contributed by atoms with Gasteiger partial charge >= 0.3 is 0 Å². The molecule has 0 fully saturated rings. The maximum absolute atomic E-state index is 12.2. The molecule has 3 aromatic rings. The molecule has 1 N–H and O–H groups in total. The van der Waals surface area contributed by atoms with Crippen LogP contribution in [0.15, 0.2) is 60.0 Å². The first-order valence-corrected chi connectivity index (χ1v) is 11.7. The van der Waals surface area contributed by atoms with Gasteiger partial charge in [-0.15, -0.1) is 11.3 Å². The molecule has 0 bridgehead atoms. The minimum absolute atomic E-state index is 0.00183. The molecule has 5 nitrogen and oxygen atoms in total. The zero-order chi connectivity index (χ0) is 20.0. The molecule has 1 aromatic heterocycles. The number of benzene rings is 2. The molecule has 0 saturated carbocycles. The highest BCUT2D eigenvalue weighted by atomic mass is 32.2. The Labute approximate surface area is 169 Å². The quantitative estimate of drug-likeness (QED) is 0.591. The van der Waals surface area contributed by atoms with Crippen LogP contribution in [0.5, 0.6) is 0 Å². The molecule has 3 rings (SSSR count). The van der Waals surface area contributed by atoms with E-state index in [-0.39, 0.29) is 30.3 Å². The van der Waals surface area contributed by atoms with Gasteiger partial charge in [0.1, 0.15) is 0 Å². The van der Waals surface area contributed by atoms with Crippen LogP contribution in [0.3, 0.4) is 0 Å². The van der Waals surface area contributed by atoms with Gasteiger partial charge < -0.3 is 5.32 Å². The van der Waals surface area contributed by atoms with E-state index in [0.29, 0.717) is 5.13 Å². The second-order valence-electron chi connectivity index (χ2n) is 6.63. The fourth-order valence-corrected chi connectivity index (χ4v) is 4.89. The van der Waals surface area contributed by atoms with E-state index in [9.17, 15) is 13.2 Å².